The number of fused-ring (bicyclic) bond motifs is 1. The van der Waals surface area contributed by atoms with Gasteiger partial charge in [0.05, 0.1) is 16.5 Å². The number of aromatic amines is 1. The summed E-state index contributed by atoms with van der Waals surface area (Å²) in [6, 6.07) is 9.12. The lowest BCUT2D eigenvalue weighted by atomic mass is 10.0. The van der Waals surface area contributed by atoms with E-state index in [2.05, 4.69) is 5.10 Å². The van der Waals surface area contributed by atoms with E-state index in [1.54, 1.807) is 23.7 Å². The number of ether oxygens (including phenoxy) is 1. The predicted molar refractivity (Wildman–Crippen MR) is 151 cm³/mol. The number of carbonyl (C=O) groups excluding carboxylic acids is 1. The first-order valence-electron chi connectivity index (χ1n) is 13.1. The van der Waals surface area contributed by atoms with Crippen LogP contribution in [0.3, 0.4) is 0 Å². The van der Waals surface area contributed by atoms with Gasteiger partial charge in [-0.15, -0.1) is 0 Å². The van der Waals surface area contributed by atoms with E-state index in [9.17, 15) is 23.2 Å². The zero-order chi connectivity index (χ0) is 29.0. The quantitative estimate of drug-likeness (QED) is 0.207. The minimum absolute atomic E-state index is 0.0263. The molecule has 40 heavy (non-hydrogen) atoms. The number of hydrogen-bond acceptors (Lipinski definition) is 6. The van der Waals surface area contributed by atoms with E-state index in [1.807, 2.05) is 13.8 Å². The first kappa shape index (κ1) is 30.1. The Balaban J connectivity index is 1.62. The van der Waals surface area contributed by atoms with Crippen molar-refractivity contribution in [1.29, 1.82) is 0 Å². The second-order valence-electron chi connectivity index (χ2n) is 9.65. The van der Waals surface area contributed by atoms with Crippen LogP contribution in [0.1, 0.15) is 68.4 Å². The summed E-state index contributed by atoms with van der Waals surface area (Å²) in [4.78, 5) is 26.3. The number of halogens is 2. The Labute approximate surface area is 242 Å². The molecule has 1 aromatic heterocycles. The molecule has 3 aromatic rings. The Morgan fingerprint density at radius 2 is 1.82 bits per heavy atom. The van der Waals surface area contributed by atoms with Crippen molar-refractivity contribution < 1.29 is 23.2 Å². The molecule has 1 atom stereocenters. The highest BCUT2D eigenvalue weighted by atomic mass is 35.5. The van der Waals surface area contributed by atoms with Crippen LogP contribution in [-0.2, 0) is 27.8 Å². The molecule has 2 heterocycles. The van der Waals surface area contributed by atoms with E-state index in [-0.39, 0.29) is 36.1 Å². The minimum atomic E-state index is -4.24. The topological polar surface area (TPSA) is 134 Å². The Morgan fingerprint density at radius 1 is 1.15 bits per heavy atom. The second-order valence-corrected chi connectivity index (χ2v) is 12.4. The van der Waals surface area contributed by atoms with Gasteiger partial charge in [0.1, 0.15) is 18.4 Å². The summed E-state index contributed by atoms with van der Waals surface area (Å²) < 4.78 is 35.7. The lowest BCUT2D eigenvalue weighted by Gasteiger charge is -2.32. The molecule has 10 nitrogen and oxygen atoms in total. The van der Waals surface area contributed by atoms with Crippen LogP contribution in [0.4, 0.5) is 0 Å². The van der Waals surface area contributed by atoms with Crippen LogP contribution in [0.5, 0.6) is 5.75 Å². The first-order valence-corrected chi connectivity index (χ1v) is 15.3. The second kappa shape index (κ2) is 12.8. The summed E-state index contributed by atoms with van der Waals surface area (Å²) in [6.07, 6.45) is 3.43. The highest BCUT2D eigenvalue weighted by Crippen LogP contribution is 2.34. The molecule has 0 bridgehead atoms. The Hall–Kier alpha value is -2.83. The van der Waals surface area contributed by atoms with E-state index < -0.39 is 27.5 Å². The van der Waals surface area contributed by atoms with Crippen LogP contribution in [0.15, 0.2) is 52.2 Å². The summed E-state index contributed by atoms with van der Waals surface area (Å²) in [5.74, 6) is -0.600. The molecule has 0 saturated carbocycles. The highest BCUT2D eigenvalue weighted by Gasteiger charge is 2.44. The third-order valence-corrected chi connectivity index (χ3v) is 9.45. The molecule has 0 spiro atoms. The summed E-state index contributed by atoms with van der Waals surface area (Å²) in [6.45, 7) is 4.13. The number of nitrogens with zero attached hydrogens (tertiary/aromatic N) is 2. The third-order valence-electron chi connectivity index (χ3n) is 6.98. The maximum absolute atomic E-state index is 13.7. The van der Waals surface area contributed by atoms with Crippen molar-refractivity contribution in [2.45, 2.75) is 69.5 Å². The molecular weight excluding hydrogens is 579 g/mol. The van der Waals surface area contributed by atoms with Gasteiger partial charge in [0.2, 0.25) is 10.0 Å². The first-order chi connectivity index (χ1) is 19.1. The Bertz CT molecular complexity index is 1510. The molecule has 13 heteroatoms. The van der Waals surface area contributed by atoms with E-state index in [1.165, 1.54) is 28.9 Å². The molecule has 0 aliphatic carbocycles. The number of H-pyrrole nitrogens is 1. The average Bonchev–Trinajstić information content (AvgIpc) is 3.28. The summed E-state index contributed by atoms with van der Waals surface area (Å²) in [7, 11) is -4.24. The number of aromatic nitrogens is 2. The molecule has 1 unspecified atom stereocenters. The van der Waals surface area contributed by atoms with Crippen LogP contribution < -0.4 is 15.8 Å². The molecule has 0 radical (unpaired) electrons. The minimum Gasteiger partial charge on any atom is -0.489 e. The van der Waals surface area contributed by atoms with E-state index in [0.717, 1.165) is 30.0 Å². The average molecular weight is 612 g/mol. The van der Waals surface area contributed by atoms with Crippen LogP contribution in [0.2, 0.25) is 10.0 Å². The largest absolute Gasteiger partial charge is 0.489 e. The van der Waals surface area contributed by atoms with Gasteiger partial charge in [-0.1, -0.05) is 56.0 Å². The Morgan fingerprint density at radius 3 is 2.42 bits per heavy atom. The highest BCUT2D eigenvalue weighted by molar-refractivity contribution is 7.89. The van der Waals surface area contributed by atoms with Crippen molar-refractivity contribution >= 4 is 39.1 Å². The molecule has 0 fully saturated rings. The molecule has 0 saturated heterocycles. The molecule has 216 valence electrons. The fourth-order valence-electron chi connectivity index (χ4n) is 5.03. The molecule has 2 aromatic carbocycles. The van der Waals surface area contributed by atoms with Gasteiger partial charge in [-0.05, 0) is 49.2 Å². The van der Waals surface area contributed by atoms with Gasteiger partial charge in [-0.2, -0.15) is 4.31 Å². The van der Waals surface area contributed by atoms with Crippen LogP contribution in [0, 0.1) is 0 Å². The fraction of sp³-hybridized carbons (Fsp3) is 0.407. The number of hydrogen-bond donors (Lipinski definition) is 3. The van der Waals surface area contributed by atoms with Gasteiger partial charge in [0.15, 0.2) is 0 Å². The maximum Gasteiger partial charge on any atom is 0.272 e. The molecule has 4 rings (SSSR count). The number of amides is 1. The monoisotopic (exact) mass is 610 g/mol. The summed E-state index contributed by atoms with van der Waals surface area (Å²) in [5, 5.41) is 13.6. The number of hydroxylamine groups is 1. The van der Waals surface area contributed by atoms with Gasteiger partial charge in [-0.3, -0.25) is 19.9 Å². The van der Waals surface area contributed by atoms with E-state index in [0.29, 0.717) is 27.1 Å². The zero-order valence-corrected chi connectivity index (χ0v) is 24.5. The number of benzene rings is 2. The lowest BCUT2D eigenvalue weighted by molar-refractivity contribution is -0.133. The van der Waals surface area contributed by atoms with Crippen molar-refractivity contribution in [1.82, 2.24) is 19.6 Å². The summed E-state index contributed by atoms with van der Waals surface area (Å²) >= 11 is 12.1. The van der Waals surface area contributed by atoms with Crippen LogP contribution in [0.25, 0.3) is 0 Å². The van der Waals surface area contributed by atoms with Gasteiger partial charge in [0, 0.05) is 34.3 Å². The van der Waals surface area contributed by atoms with Gasteiger partial charge >= 0.3 is 0 Å². The molecular formula is C27H32Cl2N4O6S. The lowest BCUT2D eigenvalue weighted by Crippen LogP contribution is -2.48. The molecule has 1 amide bonds. The van der Waals surface area contributed by atoms with E-state index in [4.69, 9.17) is 27.9 Å². The number of rotatable bonds is 11. The SMILES string of the molecule is CCCC(CCC)n1[nH]c2c(c1=O)C(C(=O)NO)N(S(=O)(=O)c1ccc(OCc3ccc(Cl)cc3Cl)cc1)CC2. The molecule has 3 N–H and O–H groups in total. The van der Waals surface area contributed by atoms with Gasteiger partial charge in [-0.25, -0.2) is 18.6 Å². The van der Waals surface area contributed by atoms with Gasteiger partial charge in [0.25, 0.3) is 11.5 Å². The van der Waals surface area contributed by atoms with Crippen molar-refractivity contribution in [3.8, 4) is 5.75 Å². The normalized spacial score (nSPS) is 15.7. The Kier molecular flexibility index (Phi) is 9.63. The van der Waals surface area contributed by atoms with Crippen molar-refractivity contribution in [2.24, 2.45) is 0 Å². The van der Waals surface area contributed by atoms with Crippen molar-refractivity contribution in [3.05, 3.63) is 79.7 Å². The third kappa shape index (κ3) is 6.08. The number of nitrogens with one attached hydrogen (secondary N) is 2. The maximum atomic E-state index is 13.7. The molecule has 1 aliphatic rings. The predicted octanol–water partition coefficient (Wildman–Crippen LogP) is 5.00. The summed E-state index contributed by atoms with van der Waals surface area (Å²) in [5.41, 5.74) is 2.32. The van der Waals surface area contributed by atoms with Crippen molar-refractivity contribution in [2.75, 3.05) is 6.54 Å². The zero-order valence-electron chi connectivity index (χ0n) is 22.2. The molecule has 1 aliphatic heterocycles. The smallest absolute Gasteiger partial charge is 0.272 e. The fourth-order valence-corrected chi connectivity index (χ4v) is 7.06. The van der Waals surface area contributed by atoms with Crippen LogP contribution >= 0.6 is 23.2 Å². The van der Waals surface area contributed by atoms with E-state index >= 15 is 0 Å². The number of carbonyl (C=O) groups is 1. The standard InChI is InChI=1S/C27H32Cl2N4O6S/c1-3-5-19(6-4-2)33-27(35)24-23(30-33)13-14-32(25(24)26(34)31-36)40(37,38)21-11-9-20(10-12-21)39-16-17-7-8-18(28)15-22(17)29/h7-12,15,19,25,30,36H,3-6,13-14,16H2,1-2H3,(H,31,34). The van der Waals surface area contributed by atoms with Gasteiger partial charge < -0.3 is 4.74 Å². The van der Waals surface area contributed by atoms with Crippen molar-refractivity contribution in [3.63, 3.8) is 0 Å². The number of sulfonamides is 1. The van der Waals surface area contributed by atoms with Crippen LogP contribution in [-0.4, -0.2) is 40.2 Å².